The van der Waals surface area contributed by atoms with Crippen LogP contribution in [-0.2, 0) is 10.0 Å². The Morgan fingerprint density at radius 2 is 2.22 bits per heavy atom. The first kappa shape index (κ1) is 14.0. The first-order valence-electron chi connectivity index (χ1n) is 5.26. The van der Waals surface area contributed by atoms with Crippen molar-refractivity contribution in [3.8, 4) is 0 Å². The molecule has 0 bridgehead atoms. The summed E-state index contributed by atoms with van der Waals surface area (Å²) in [4.78, 5) is 10.8. The monoisotopic (exact) mass is 353 g/mol. The van der Waals surface area contributed by atoms with Crippen molar-refractivity contribution >= 4 is 43.3 Å². The summed E-state index contributed by atoms with van der Waals surface area (Å²) in [6, 6.07) is 1.18. The van der Waals surface area contributed by atoms with Crippen LogP contribution in [0.5, 0.6) is 0 Å². The van der Waals surface area contributed by atoms with Crippen LogP contribution in [0.2, 0.25) is 0 Å². The first-order chi connectivity index (χ1) is 8.23. The van der Waals surface area contributed by atoms with Gasteiger partial charge in [0.1, 0.15) is 9.77 Å². The third-order valence-corrected chi connectivity index (χ3v) is 6.59. The van der Waals surface area contributed by atoms with Gasteiger partial charge in [0.25, 0.3) is 0 Å². The van der Waals surface area contributed by atoms with E-state index in [1.807, 2.05) is 6.92 Å². The summed E-state index contributed by atoms with van der Waals surface area (Å²) in [6.45, 7) is 2.40. The van der Waals surface area contributed by atoms with E-state index < -0.39 is 16.0 Å². The van der Waals surface area contributed by atoms with Crippen molar-refractivity contribution in [1.29, 1.82) is 0 Å². The van der Waals surface area contributed by atoms with E-state index in [0.29, 0.717) is 10.3 Å². The Balaban J connectivity index is 2.20. The molecule has 1 saturated carbocycles. The molecule has 100 valence electrons. The van der Waals surface area contributed by atoms with Crippen LogP contribution in [0.25, 0.3) is 0 Å². The van der Waals surface area contributed by atoms with Crippen molar-refractivity contribution in [2.24, 2.45) is 5.41 Å². The number of carboxylic acids is 1. The maximum Gasteiger partial charge on any atom is 0.345 e. The fourth-order valence-electron chi connectivity index (χ4n) is 1.38. The van der Waals surface area contributed by atoms with E-state index in [1.54, 1.807) is 0 Å². The van der Waals surface area contributed by atoms with E-state index in [-0.39, 0.29) is 15.2 Å². The number of halogens is 1. The number of thiophene rings is 1. The molecule has 8 heteroatoms. The summed E-state index contributed by atoms with van der Waals surface area (Å²) in [5.41, 5.74) is 0.0607. The molecule has 0 aromatic carbocycles. The minimum absolute atomic E-state index is 0.000108. The third kappa shape index (κ3) is 2.93. The first-order valence-corrected chi connectivity index (χ1v) is 8.35. The molecule has 1 aromatic rings. The molecule has 0 radical (unpaired) electrons. The average Bonchev–Trinajstić information content (AvgIpc) is 2.85. The molecule has 1 heterocycles. The Labute approximate surface area is 117 Å². The molecule has 0 atom stereocenters. The maximum atomic E-state index is 12.0. The van der Waals surface area contributed by atoms with Crippen molar-refractivity contribution in [3.05, 3.63) is 14.7 Å². The summed E-state index contributed by atoms with van der Waals surface area (Å²) >= 11 is 3.99. The fraction of sp³-hybridized carbons (Fsp3) is 0.500. The second kappa shape index (κ2) is 4.59. The number of hydrogen-bond donors (Lipinski definition) is 2. The second-order valence-electron chi connectivity index (χ2n) is 4.69. The number of sulfonamides is 1. The Morgan fingerprint density at radius 3 is 2.67 bits per heavy atom. The highest BCUT2D eigenvalue weighted by molar-refractivity contribution is 9.11. The van der Waals surface area contributed by atoms with Crippen molar-refractivity contribution in [2.45, 2.75) is 24.7 Å². The van der Waals surface area contributed by atoms with Crippen molar-refractivity contribution in [1.82, 2.24) is 4.72 Å². The summed E-state index contributed by atoms with van der Waals surface area (Å²) < 4.78 is 26.9. The van der Waals surface area contributed by atoms with E-state index in [2.05, 4.69) is 20.7 Å². The molecule has 1 aliphatic carbocycles. The Bertz CT molecular complexity index is 589. The van der Waals surface area contributed by atoms with Crippen LogP contribution in [0.1, 0.15) is 29.4 Å². The second-order valence-corrected chi connectivity index (χ2v) is 8.79. The van der Waals surface area contributed by atoms with Gasteiger partial charge in [0.15, 0.2) is 0 Å². The zero-order valence-corrected chi connectivity index (χ0v) is 12.8. The SMILES string of the molecule is CC1(CNS(=O)(=O)c2cc(C(=O)O)sc2Br)CC1. The Hall–Kier alpha value is -0.440. The Morgan fingerprint density at radius 1 is 1.61 bits per heavy atom. The van der Waals surface area contributed by atoms with E-state index in [9.17, 15) is 13.2 Å². The van der Waals surface area contributed by atoms with Gasteiger partial charge < -0.3 is 5.11 Å². The summed E-state index contributed by atoms with van der Waals surface area (Å²) in [6.07, 6.45) is 2.03. The minimum Gasteiger partial charge on any atom is -0.477 e. The van der Waals surface area contributed by atoms with Gasteiger partial charge in [-0.15, -0.1) is 11.3 Å². The zero-order chi connectivity index (χ0) is 13.6. The van der Waals surface area contributed by atoms with Gasteiger partial charge in [-0.25, -0.2) is 17.9 Å². The highest BCUT2D eigenvalue weighted by atomic mass is 79.9. The van der Waals surface area contributed by atoms with Gasteiger partial charge >= 0.3 is 5.97 Å². The van der Waals surface area contributed by atoms with Crippen LogP contribution in [0, 0.1) is 5.41 Å². The summed E-state index contributed by atoms with van der Waals surface area (Å²) in [5.74, 6) is -1.13. The fourth-order valence-corrected chi connectivity index (χ4v) is 4.98. The molecule has 0 aliphatic heterocycles. The van der Waals surface area contributed by atoms with Gasteiger partial charge in [0, 0.05) is 6.54 Å². The van der Waals surface area contributed by atoms with Crippen LogP contribution in [0.15, 0.2) is 14.7 Å². The van der Waals surface area contributed by atoms with Gasteiger partial charge in [0.2, 0.25) is 10.0 Å². The smallest absolute Gasteiger partial charge is 0.345 e. The number of rotatable bonds is 5. The summed E-state index contributed by atoms with van der Waals surface area (Å²) in [5, 5.41) is 8.83. The number of nitrogens with one attached hydrogen (secondary N) is 1. The van der Waals surface area contributed by atoms with Gasteiger partial charge in [-0.05, 0) is 40.3 Å². The van der Waals surface area contributed by atoms with Crippen LogP contribution >= 0.6 is 27.3 Å². The van der Waals surface area contributed by atoms with E-state index in [1.165, 1.54) is 6.07 Å². The highest BCUT2D eigenvalue weighted by Gasteiger charge is 2.38. The van der Waals surface area contributed by atoms with E-state index >= 15 is 0 Å². The normalized spacial score (nSPS) is 17.7. The predicted molar refractivity (Wildman–Crippen MR) is 71.5 cm³/mol. The lowest BCUT2D eigenvalue weighted by Gasteiger charge is -2.10. The van der Waals surface area contributed by atoms with Crippen molar-refractivity contribution in [3.63, 3.8) is 0 Å². The number of aromatic carboxylic acids is 1. The molecule has 1 fully saturated rings. The number of carboxylic acid groups (broad SMARTS) is 1. The highest BCUT2D eigenvalue weighted by Crippen LogP contribution is 2.44. The van der Waals surface area contributed by atoms with E-state index in [4.69, 9.17) is 5.11 Å². The number of carbonyl (C=O) groups is 1. The molecule has 18 heavy (non-hydrogen) atoms. The van der Waals surface area contributed by atoms with Crippen molar-refractivity contribution in [2.75, 3.05) is 6.54 Å². The average molecular weight is 354 g/mol. The largest absolute Gasteiger partial charge is 0.477 e. The van der Waals surface area contributed by atoms with Crippen LogP contribution in [0.4, 0.5) is 0 Å². The Kier molecular flexibility index (Phi) is 3.56. The molecule has 0 saturated heterocycles. The zero-order valence-electron chi connectivity index (χ0n) is 9.57. The van der Waals surface area contributed by atoms with Gasteiger partial charge in [0.05, 0.1) is 3.79 Å². The third-order valence-electron chi connectivity index (χ3n) is 2.95. The van der Waals surface area contributed by atoms with Gasteiger partial charge in [-0.2, -0.15) is 0 Å². The van der Waals surface area contributed by atoms with Crippen LogP contribution in [0.3, 0.4) is 0 Å². The molecule has 1 aromatic heterocycles. The molecule has 2 N–H and O–H groups in total. The molecule has 1 aliphatic rings. The molecular weight excluding hydrogens is 342 g/mol. The standard InChI is InChI=1S/C10H12BrNO4S2/c1-10(2-3-10)5-12-18(15,16)7-4-6(9(13)14)17-8(7)11/h4,12H,2-3,5H2,1H3,(H,13,14). The molecule has 0 unspecified atom stereocenters. The predicted octanol–water partition coefficient (Wildman–Crippen LogP) is 2.29. The lowest BCUT2D eigenvalue weighted by molar-refractivity contribution is 0.0702. The minimum atomic E-state index is -3.65. The maximum absolute atomic E-state index is 12.0. The lowest BCUT2D eigenvalue weighted by atomic mass is 10.2. The quantitative estimate of drug-likeness (QED) is 0.850. The van der Waals surface area contributed by atoms with Crippen molar-refractivity contribution < 1.29 is 18.3 Å². The topological polar surface area (TPSA) is 83.5 Å². The summed E-state index contributed by atoms with van der Waals surface area (Å²) in [7, 11) is -3.65. The molecular formula is C10H12BrNO4S2. The van der Waals surface area contributed by atoms with Gasteiger partial charge in [-0.3, -0.25) is 0 Å². The molecule has 2 rings (SSSR count). The van der Waals surface area contributed by atoms with E-state index in [0.717, 1.165) is 24.2 Å². The number of hydrogen-bond acceptors (Lipinski definition) is 4. The molecule has 5 nitrogen and oxygen atoms in total. The molecule has 0 amide bonds. The lowest BCUT2D eigenvalue weighted by Crippen LogP contribution is -2.29. The van der Waals surface area contributed by atoms with Crippen LogP contribution in [-0.4, -0.2) is 26.0 Å². The van der Waals surface area contributed by atoms with Gasteiger partial charge in [-0.1, -0.05) is 6.92 Å². The molecule has 0 spiro atoms. The van der Waals surface area contributed by atoms with Crippen LogP contribution < -0.4 is 4.72 Å².